The van der Waals surface area contributed by atoms with Crippen LogP contribution >= 0.6 is 35.3 Å². The van der Waals surface area contributed by atoms with Gasteiger partial charge in [0.1, 0.15) is 0 Å². The van der Waals surface area contributed by atoms with Crippen molar-refractivity contribution in [3.63, 3.8) is 0 Å². The van der Waals surface area contributed by atoms with Crippen molar-refractivity contribution < 1.29 is 0 Å². The van der Waals surface area contributed by atoms with E-state index in [-0.39, 0.29) is 24.0 Å². The van der Waals surface area contributed by atoms with Gasteiger partial charge in [0.05, 0.1) is 0 Å². The molecule has 1 aliphatic heterocycles. The molecule has 0 amide bonds. The number of thiophene rings is 1. The zero-order valence-corrected chi connectivity index (χ0v) is 18.3. The number of hydrogen-bond donors (Lipinski definition) is 1. The van der Waals surface area contributed by atoms with Gasteiger partial charge in [-0.1, -0.05) is 6.08 Å². The van der Waals surface area contributed by atoms with E-state index in [9.17, 15) is 0 Å². The van der Waals surface area contributed by atoms with Gasteiger partial charge in [-0.15, -0.1) is 41.9 Å². The number of unbranched alkanes of at least 4 members (excludes halogenated alkanes) is 1. The Labute approximate surface area is 168 Å². The fourth-order valence-corrected chi connectivity index (χ4v) is 3.87. The molecule has 1 aliphatic rings. The van der Waals surface area contributed by atoms with E-state index in [1.807, 2.05) is 24.5 Å². The van der Waals surface area contributed by atoms with E-state index in [0.717, 1.165) is 45.0 Å². The molecule has 136 valence electrons. The van der Waals surface area contributed by atoms with Gasteiger partial charge in [0.25, 0.3) is 0 Å². The molecule has 1 aromatic heterocycles. The number of nitrogens with zero attached hydrogens (tertiary/aromatic N) is 3. The van der Waals surface area contributed by atoms with Crippen molar-refractivity contribution in [3.05, 3.63) is 34.5 Å². The summed E-state index contributed by atoms with van der Waals surface area (Å²) in [6.45, 7) is 10.2. The maximum absolute atomic E-state index is 4.40. The van der Waals surface area contributed by atoms with Crippen LogP contribution in [-0.4, -0.2) is 55.5 Å². The van der Waals surface area contributed by atoms with Gasteiger partial charge in [0.2, 0.25) is 0 Å². The Kier molecular flexibility index (Phi) is 9.92. The standard InChI is InChI=1S/C18H30N4S.HI/c1-5-6-7-10-21(4)18(19-3)20-13-15(2)22-11-8-17-16(14-22)9-12-23-17;/h5,9,12,15H,1,6-8,10-11,13-14H2,2-4H3,(H,19,20);1H. The molecule has 0 saturated carbocycles. The number of guanidine groups is 1. The normalized spacial score (nSPS) is 16.0. The van der Waals surface area contributed by atoms with Gasteiger partial charge >= 0.3 is 0 Å². The zero-order chi connectivity index (χ0) is 16.7. The molecule has 2 heterocycles. The Balaban J connectivity index is 0.00000288. The van der Waals surface area contributed by atoms with Gasteiger partial charge in [-0.3, -0.25) is 9.89 Å². The van der Waals surface area contributed by atoms with Crippen LogP contribution in [0.1, 0.15) is 30.2 Å². The summed E-state index contributed by atoms with van der Waals surface area (Å²) in [5.41, 5.74) is 1.51. The van der Waals surface area contributed by atoms with Gasteiger partial charge in [0.15, 0.2) is 5.96 Å². The number of rotatable bonds is 7. The first-order valence-corrected chi connectivity index (χ1v) is 9.35. The van der Waals surface area contributed by atoms with Crippen LogP contribution in [0, 0.1) is 0 Å². The summed E-state index contributed by atoms with van der Waals surface area (Å²) >= 11 is 1.90. The Morgan fingerprint density at radius 3 is 3.08 bits per heavy atom. The molecule has 0 spiro atoms. The Morgan fingerprint density at radius 2 is 2.38 bits per heavy atom. The molecule has 0 bridgehead atoms. The number of nitrogens with one attached hydrogen (secondary N) is 1. The van der Waals surface area contributed by atoms with Gasteiger partial charge in [-0.25, -0.2) is 0 Å². The molecule has 0 radical (unpaired) electrons. The minimum atomic E-state index is 0. The van der Waals surface area contributed by atoms with E-state index in [1.165, 1.54) is 12.0 Å². The van der Waals surface area contributed by atoms with Crippen LogP contribution in [-0.2, 0) is 13.0 Å². The first-order valence-electron chi connectivity index (χ1n) is 8.47. The third kappa shape index (κ3) is 6.04. The van der Waals surface area contributed by atoms with Crippen molar-refractivity contribution >= 4 is 41.3 Å². The average Bonchev–Trinajstić information content (AvgIpc) is 3.03. The molecular formula is C18H31IN4S. The van der Waals surface area contributed by atoms with E-state index in [0.29, 0.717) is 6.04 Å². The second kappa shape index (κ2) is 11.1. The fraction of sp³-hybridized carbons (Fsp3) is 0.611. The molecule has 1 unspecified atom stereocenters. The molecule has 24 heavy (non-hydrogen) atoms. The summed E-state index contributed by atoms with van der Waals surface area (Å²) in [7, 11) is 3.96. The van der Waals surface area contributed by atoms with Crippen molar-refractivity contribution in [3.8, 4) is 0 Å². The van der Waals surface area contributed by atoms with E-state index in [2.05, 4.69) is 52.1 Å². The minimum absolute atomic E-state index is 0. The predicted octanol–water partition coefficient (Wildman–Crippen LogP) is 3.59. The monoisotopic (exact) mass is 462 g/mol. The topological polar surface area (TPSA) is 30.9 Å². The van der Waals surface area contributed by atoms with Gasteiger partial charge in [0, 0.05) is 51.2 Å². The Hall–Kier alpha value is -0.600. The lowest BCUT2D eigenvalue weighted by molar-refractivity contribution is 0.192. The second-order valence-electron chi connectivity index (χ2n) is 6.22. The maximum atomic E-state index is 4.40. The quantitative estimate of drug-likeness (QED) is 0.221. The highest BCUT2D eigenvalue weighted by molar-refractivity contribution is 14.0. The molecule has 0 aromatic carbocycles. The highest BCUT2D eigenvalue weighted by Crippen LogP contribution is 2.24. The zero-order valence-electron chi connectivity index (χ0n) is 15.1. The summed E-state index contributed by atoms with van der Waals surface area (Å²) in [6.07, 6.45) is 5.33. The summed E-state index contributed by atoms with van der Waals surface area (Å²) in [5.74, 6) is 0.981. The average molecular weight is 462 g/mol. The van der Waals surface area contributed by atoms with Gasteiger partial charge in [-0.2, -0.15) is 0 Å². The number of aliphatic imine (C=N–C) groups is 1. The molecule has 1 aromatic rings. The third-order valence-electron chi connectivity index (χ3n) is 4.49. The molecular weight excluding hydrogens is 431 g/mol. The Bertz CT molecular complexity index is 529. The van der Waals surface area contributed by atoms with Crippen LogP contribution in [0.3, 0.4) is 0 Å². The largest absolute Gasteiger partial charge is 0.355 e. The van der Waals surface area contributed by atoms with Crippen LogP contribution in [0.25, 0.3) is 0 Å². The third-order valence-corrected chi connectivity index (χ3v) is 5.51. The SMILES string of the molecule is C=CCCCN(C)C(=NC)NCC(C)N1CCc2sccc2C1.I. The van der Waals surface area contributed by atoms with Gasteiger partial charge in [-0.05, 0) is 43.2 Å². The molecule has 1 N–H and O–H groups in total. The lowest BCUT2D eigenvalue weighted by Gasteiger charge is -2.33. The van der Waals surface area contributed by atoms with E-state index < -0.39 is 0 Å². The van der Waals surface area contributed by atoms with Crippen LogP contribution < -0.4 is 5.32 Å². The number of hydrogen-bond acceptors (Lipinski definition) is 3. The van der Waals surface area contributed by atoms with Crippen LogP contribution in [0.4, 0.5) is 0 Å². The molecule has 6 heteroatoms. The molecule has 2 rings (SSSR count). The molecule has 4 nitrogen and oxygen atoms in total. The first-order chi connectivity index (χ1) is 11.2. The predicted molar refractivity (Wildman–Crippen MR) is 117 cm³/mol. The first kappa shape index (κ1) is 21.4. The fourth-order valence-electron chi connectivity index (χ4n) is 2.98. The van der Waals surface area contributed by atoms with Crippen LogP contribution in [0.15, 0.2) is 29.1 Å². The molecule has 0 saturated heterocycles. The highest BCUT2D eigenvalue weighted by atomic mass is 127. The van der Waals surface area contributed by atoms with Crippen molar-refractivity contribution in [2.75, 3.05) is 33.7 Å². The van der Waals surface area contributed by atoms with Crippen molar-refractivity contribution in [2.24, 2.45) is 4.99 Å². The molecule has 0 fully saturated rings. The lowest BCUT2D eigenvalue weighted by atomic mass is 10.1. The Morgan fingerprint density at radius 1 is 1.58 bits per heavy atom. The summed E-state index contributed by atoms with van der Waals surface area (Å²) in [5, 5.41) is 5.74. The van der Waals surface area contributed by atoms with Crippen LogP contribution in [0.2, 0.25) is 0 Å². The smallest absolute Gasteiger partial charge is 0.193 e. The number of halogens is 1. The minimum Gasteiger partial charge on any atom is -0.355 e. The summed E-state index contributed by atoms with van der Waals surface area (Å²) in [6, 6.07) is 2.78. The van der Waals surface area contributed by atoms with Crippen molar-refractivity contribution in [2.45, 2.75) is 38.8 Å². The summed E-state index contributed by atoms with van der Waals surface area (Å²) < 4.78 is 0. The summed E-state index contributed by atoms with van der Waals surface area (Å²) in [4.78, 5) is 10.7. The highest BCUT2D eigenvalue weighted by Gasteiger charge is 2.21. The van der Waals surface area contributed by atoms with Gasteiger partial charge < -0.3 is 10.2 Å². The van der Waals surface area contributed by atoms with E-state index in [1.54, 1.807) is 4.88 Å². The molecule has 0 aliphatic carbocycles. The second-order valence-corrected chi connectivity index (χ2v) is 7.22. The maximum Gasteiger partial charge on any atom is 0.193 e. The molecule has 1 atom stereocenters. The number of fused-ring (bicyclic) bond motifs is 1. The van der Waals surface area contributed by atoms with E-state index in [4.69, 9.17) is 0 Å². The lowest BCUT2D eigenvalue weighted by Crippen LogP contribution is -2.47. The van der Waals surface area contributed by atoms with Crippen molar-refractivity contribution in [1.29, 1.82) is 0 Å². The van der Waals surface area contributed by atoms with Crippen LogP contribution in [0.5, 0.6) is 0 Å². The number of allylic oxidation sites excluding steroid dienone is 1. The van der Waals surface area contributed by atoms with E-state index >= 15 is 0 Å². The van der Waals surface area contributed by atoms with Crippen molar-refractivity contribution in [1.82, 2.24) is 15.1 Å².